The Kier molecular flexibility index (Phi) is 5.93. The highest BCUT2D eigenvalue weighted by molar-refractivity contribution is 7.10. The van der Waals surface area contributed by atoms with Gasteiger partial charge in [-0.1, -0.05) is 36.4 Å². The van der Waals surface area contributed by atoms with Gasteiger partial charge >= 0.3 is 6.09 Å². The van der Waals surface area contributed by atoms with Crippen LogP contribution in [0.15, 0.2) is 41.8 Å². The number of hydrogen-bond acceptors (Lipinski definition) is 5. The number of thiazole rings is 1. The Hall–Kier alpha value is -2.18. The van der Waals surface area contributed by atoms with Crippen molar-refractivity contribution in [3.8, 4) is 0 Å². The molecule has 1 heterocycles. The van der Waals surface area contributed by atoms with Gasteiger partial charge in [-0.2, -0.15) is 0 Å². The molecule has 2 N–H and O–H groups in total. The first-order valence-electron chi connectivity index (χ1n) is 6.44. The maximum Gasteiger partial charge on any atom is 0.407 e. The van der Waals surface area contributed by atoms with Gasteiger partial charge in [-0.15, -0.1) is 11.3 Å². The summed E-state index contributed by atoms with van der Waals surface area (Å²) < 4.78 is 5.07. The van der Waals surface area contributed by atoms with Gasteiger partial charge < -0.3 is 15.2 Å². The minimum Gasteiger partial charge on any atom is -0.445 e. The molecule has 0 aliphatic carbocycles. The number of nitrogens with zero attached hydrogens (tertiary/aromatic N) is 1. The number of nitrogens with one attached hydrogen (secondary N) is 1. The lowest BCUT2D eigenvalue weighted by Crippen LogP contribution is -2.24. The molecule has 21 heavy (non-hydrogen) atoms. The second kappa shape index (κ2) is 8.18. The normalized spacial score (nSPS) is 10.7. The lowest BCUT2D eigenvalue weighted by Gasteiger charge is -2.04. The summed E-state index contributed by atoms with van der Waals surface area (Å²) in [7, 11) is 0. The van der Waals surface area contributed by atoms with Crippen molar-refractivity contribution < 1.29 is 14.6 Å². The lowest BCUT2D eigenvalue weighted by atomic mass is 10.2. The Morgan fingerprint density at radius 2 is 2.19 bits per heavy atom. The van der Waals surface area contributed by atoms with Gasteiger partial charge in [0.2, 0.25) is 0 Å². The molecule has 0 radical (unpaired) electrons. The summed E-state index contributed by atoms with van der Waals surface area (Å²) in [6.45, 7) is 0.554. The van der Waals surface area contributed by atoms with E-state index >= 15 is 0 Å². The molecule has 6 heteroatoms. The lowest BCUT2D eigenvalue weighted by molar-refractivity contribution is 0.141. The molecule has 0 unspecified atom stereocenters. The topological polar surface area (TPSA) is 71.5 Å². The molecule has 0 saturated carbocycles. The van der Waals surface area contributed by atoms with Crippen LogP contribution >= 0.6 is 11.3 Å². The van der Waals surface area contributed by atoms with Crippen molar-refractivity contribution in [3.05, 3.63) is 58.1 Å². The Labute approximate surface area is 126 Å². The summed E-state index contributed by atoms with van der Waals surface area (Å²) in [6, 6.07) is 9.50. The van der Waals surface area contributed by atoms with E-state index in [0.717, 1.165) is 10.6 Å². The number of aliphatic hydroxyl groups excluding tert-OH is 1. The second-order valence-corrected chi connectivity index (χ2v) is 5.07. The van der Waals surface area contributed by atoms with Gasteiger partial charge in [0.25, 0.3) is 0 Å². The van der Waals surface area contributed by atoms with E-state index in [1.54, 1.807) is 17.5 Å². The van der Waals surface area contributed by atoms with Crippen LogP contribution in [0.1, 0.15) is 16.3 Å². The molecule has 1 amide bonds. The smallest absolute Gasteiger partial charge is 0.407 e. The molecule has 110 valence electrons. The standard InChI is InChI=1S/C15H16N2O3S/c18-9-13-11-21-14(17-13)7-4-8-16-15(19)20-10-12-5-2-1-3-6-12/h1-7,11,18H,8-10H2,(H,16,19). The van der Waals surface area contributed by atoms with Crippen LogP contribution in [0, 0.1) is 0 Å². The summed E-state index contributed by atoms with van der Waals surface area (Å²) in [5.41, 5.74) is 1.59. The fraction of sp³-hybridized carbons (Fsp3) is 0.200. The van der Waals surface area contributed by atoms with Gasteiger partial charge in [-0.3, -0.25) is 0 Å². The van der Waals surface area contributed by atoms with E-state index in [0.29, 0.717) is 12.2 Å². The van der Waals surface area contributed by atoms with Crippen LogP contribution in [0.3, 0.4) is 0 Å². The van der Waals surface area contributed by atoms with E-state index in [2.05, 4.69) is 10.3 Å². The molecule has 0 bridgehead atoms. The van der Waals surface area contributed by atoms with Crippen LogP contribution in [0.4, 0.5) is 4.79 Å². The molecular formula is C15H16N2O3S. The van der Waals surface area contributed by atoms with Gasteiger partial charge in [0, 0.05) is 11.9 Å². The first-order valence-corrected chi connectivity index (χ1v) is 7.32. The van der Waals surface area contributed by atoms with Gasteiger partial charge in [0.15, 0.2) is 0 Å². The monoisotopic (exact) mass is 304 g/mol. The maximum absolute atomic E-state index is 11.5. The van der Waals surface area contributed by atoms with Crippen LogP contribution in [-0.2, 0) is 18.0 Å². The quantitative estimate of drug-likeness (QED) is 0.860. The molecule has 1 aromatic carbocycles. The highest BCUT2D eigenvalue weighted by atomic mass is 32.1. The zero-order valence-electron chi connectivity index (χ0n) is 11.4. The Morgan fingerprint density at radius 3 is 2.90 bits per heavy atom. The number of ether oxygens (including phenoxy) is 1. The molecule has 0 atom stereocenters. The summed E-state index contributed by atoms with van der Waals surface area (Å²) >= 11 is 1.44. The van der Waals surface area contributed by atoms with Crippen molar-refractivity contribution in [2.45, 2.75) is 13.2 Å². The first-order chi connectivity index (χ1) is 10.3. The number of carbonyl (C=O) groups is 1. The largest absolute Gasteiger partial charge is 0.445 e. The summed E-state index contributed by atoms with van der Waals surface area (Å²) in [4.78, 5) is 15.6. The van der Waals surface area contributed by atoms with E-state index in [1.165, 1.54) is 11.3 Å². The number of benzene rings is 1. The van der Waals surface area contributed by atoms with Crippen molar-refractivity contribution >= 4 is 23.5 Å². The minimum atomic E-state index is -0.460. The predicted molar refractivity (Wildman–Crippen MR) is 81.7 cm³/mol. The van der Waals surface area contributed by atoms with Crippen LogP contribution in [0.2, 0.25) is 0 Å². The number of carbonyl (C=O) groups excluding carboxylic acids is 1. The zero-order chi connectivity index (χ0) is 14.9. The number of rotatable bonds is 6. The SMILES string of the molecule is O=C(NCC=Cc1nc(CO)cs1)OCc1ccccc1. The van der Waals surface area contributed by atoms with E-state index in [4.69, 9.17) is 9.84 Å². The zero-order valence-corrected chi connectivity index (χ0v) is 12.2. The van der Waals surface area contributed by atoms with Crippen LogP contribution in [0.25, 0.3) is 6.08 Å². The molecule has 2 rings (SSSR count). The van der Waals surface area contributed by atoms with E-state index in [9.17, 15) is 4.79 Å². The van der Waals surface area contributed by atoms with Crippen molar-refractivity contribution in [1.29, 1.82) is 0 Å². The Bertz CT molecular complexity index is 596. The van der Waals surface area contributed by atoms with Crippen LogP contribution in [-0.4, -0.2) is 22.7 Å². The van der Waals surface area contributed by atoms with Gasteiger partial charge in [0.1, 0.15) is 11.6 Å². The third-order valence-electron chi connectivity index (χ3n) is 2.57. The van der Waals surface area contributed by atoms with Crippen LogP contribution < -0.4 is 5.32 Å². The van der Waals surface area contributed by atoms with Crippen molar-refractivity contribution in [2.24, 2.45) is 0 Å². The number of aliphatic hydroxyl groups is 1. The number of aromatic nitrogens is 1. The highest BCUT2D eigenvalue weighted by Crippen LogP contribution is 2.10. The molecule has 0 saturated heterocycles. The predicted octanol–water partition coefficient (Wildman–Crippen LogP) is 2.58. The Morgan fingerprint density at radius 1 is 1.38 bits per heavy atom. The fourth-order valence-corrected chi connectivity index (χ4v) is 2.28. The fourth-order valence-electron chi connectivity index (χ4n) is 1.55. The summed E-state index contributed by atoms with van der Waals surface area (Å²) in [5, 5.41) is 14.1. The van der Waals surface area contributed by atoms with Gasteiger partial charge in [-0.05, 0) is 11.6 Å². The highest BCUT2D eigenvalue weighted by Gasteiger charge is 2.00. The minimum absolute atomic E-state index is 0.0611. The Balaban J connectivity index is 1.67. The maximum atomic E-state index is 11.5. The first kappa shape index (κ1) is 15.2. The van der Waals surface area contributed by atoms with E-state index in [-0.39, 0.29) is 13.2 Å². The van der Waals surface area contributed by atoms with Gasteiger partial charge in [-0.25, -0.2) is 9.78 Å². The summed E-state index contributed by atoms with van der Waals surface area (Å²) in [6.07, 6.45) is 3.11. The molecule has 0 aliphatic heterocycles. The average Bonchev–Trinajstić information content (AvgIpc) is 2.98. The number of amides is 1. The van der Waals surface area contributed by atoms with E-state index < -0.39 is 6.09 Å². The summed E-state index contributed by atoms with van der Waals surface area (Å²) in [5.74, 6) is 0. The number of alkyl carbamates (subject to hydrolysis) is 1. The molecule has 0 aliphatic rings. The average molecular weight is 304 g/mol. The molecule has 0 fully saturated rings. The molecular weight excluding hydrogens is 288 g/mol. The molecule has 5 nitrogen and oxygen atoms in total. The van der Waals surface area contributed by atoms with Crippen molar-refractivity contribution in [3.63, 3.8) is 0 Å². The van der Waals surface area contributed by atoms with Crippen LogP contribution in [0.5, 0.6) is 0 Å². The third kappa shape index (κ3) is 5.37. The molecule has 1 aromatic heterocycles. The van der Waals surface area contributed by atoms with Gasteiger partial charge in [0.05, 0.1) is 12.3 Å². The molecule has 0 spiro atoms. The van der Waals surface area contributed by atoms with Crippen molar-refractivity contribution in [1.82, 2.24) is 10.3 Å². The molecule has 2 aromatic rings. The third-order valence-corrected chi connectivity index (χ3v) is 3.43. The van der Waals surface area contributed by atoms with Crippen molar-refractivity contribution in [2.75, 3.05) is 6.54 Å². The number of hydrogen-bond donors (Lipinski definition) is 2. The second-order valence-electron chi connectivity index (χ2n) is 4.18. The van der Waals surface area contributed by atoms with E-state index in [1.807, 2.05) is 30.3 Å².